The predicted molar refractivity (Wildman–Crippen MR) is 125 cm³/mol. The van der Waals surface area contributed by atoms with Crippen LogP contribution in [0.15, 0.2) is 78.9 Å². The van der Waals surface area contributed by atoms with Gasteiger partial charge in [0.25, 0.3) is 0 Å². The number of methoxy groups -OCH3 is 1. The first kappa shape index (κ1) is 20.2. The average Bonchev–Trinajstić information content (AvgIpc) is 3.35. The maximum absolute atomic E-state index is 11.6. The fourth-order valence-corrected chi connectivity index (χ4v) is 6.48. The van der Waals surface area contributed by atoms with E-state index in [1.54, 1.807) is 7.11 Å². The minimum Gasteiger partial charge on any atom is -0.497 e. The van der Waals surface area contributed by atoms with Gasteiger partial charge in [-0.3, -0.25) is 4.79 Å². The third kappa shape index (κ3) is 3.34. The molecule has 3 atom stereocenters. The number of rotatable bonds is 8. The Morgan fingerprint density at radius 1 is 1.00 bits per heavy atom. The van der Waals surface area contributed by atoms with Crippen LogP contribution in [0.3, 0.4) is 0 Å². The van der Waals surface area contributed by atoms with E-state index in [0.29, 0.717) is 5.41 Å². The van der Waals surface area contributed by atoms with Gasteiger partial charge in [-0.15, -0.1) is 11.8 Å². The van der Waals surface area contributed by atoms with Crippen LogP contribution in [-0.2, 0) is 15.0 Å². The SMILES string of the molecule is COc1ccc(C(SCC(=O)O)(c2ccccc2)c2ccc([C@]34CCC3C4)cc2)cc1. The molecule has 0 spiro atoms. The van der Waals surface area contributed by atoms with E-state index in [1.807, 2.05) is 30.3 Å². The summed E-state index contributed by atoms with van der Waals surface area (Å²) >= 11 is 1.45. The van der Waals surface area contributed by atoms with E-state index in [1.165, 1.54) is 36.6 Å². The highest BCUT2D eigenvalue weighted by molar-refractivity contribution is 8.01. The van der Waals surface area contributed by atoms with Crippen LogP contribution < -0.4 is 4.74 Å². The lowest BCUT2D eigenvalue weighted by atomic mass is 9.77. The number of fused-ring (bicyclic) bond motifs is 1. The van der Waals surface area contributed by atoms with Crippen molar-refractivity contribution in [1.82, 2.24) is 0 Å². The lowest BCUT2D eigenvalue weighted by Gasteiger charge is -2.36. The Kier molecular flexibility index (Phi) is 5.05. The average molecular weight is 431 g/mol. The minimum absolute atomic E-state index is 0.00862. The van der Waals surface area contributed by atoms with Crippen LogP contribution >= 0.6 is 11.8 Å². The fourth-order valence-electron chi connectivity index (χ4n) is 5.24. The molecule has 2 unspecified atom stereocenters. The van der Waals surface area contributed by atoms with E-state index in [-0.39, 0.29) is 5.75 Å². The van der Waals surface area contributed by atoms with Gasteiger partial charge in [0.15, 0.2) is 0 Å². The van der Waals surface area contributed by atoms with Gasteiger partial charge in [0.2, 0.25) is 0 Å². The molecule has 2 aliphatic rings. The van der Waals surface area contributed by atoms with Gasteiger partial charge in [-0.2, -0.15) is 0 Å². The summed E-state index contributed by atoms with van der Waals surface area (Å²) in [6.07, 6.45) is 3.98. The van der Waals surface area contributed by atoms with Crippen molar-refractivity contribution in [2.24, 2.45) is 5.92 Å². The quantitative estimate of drug-likeness (QED) is 0.455. The molecule has 0 saturated heterocycles. The summed E-state index contributed by atoms with van der Waals surface area (Å²) in [6, 6.07) is 27.2. The number of hydrogen-bond acceptors (Lipinski definition) is 3. The maximum atomic E-state index is 11.6. The molecule has 3 aromatic rings. The predicted octanol–water partition coefficient (Wildman–Crippen LogP) is 5.86. The number of aliphatic carboxylic acids is 1. The molecule has 5 rings (SSSR count). The molecule has 0 heterocycles. The fraction of sp³-hybridized carbons (Fsp3) is 0.296. The van der Waals surface area contributed by atoms with E-state index >= 15 is 0 Å². The highest BCUT2D eigenvalue weighted by Crippen LogP contribution is 2.68. The standard InChI is InChI=1S/C27H26O3S/c1-30-24-13-11-22(12-14-24)27(31-18-25(28)29,20-5-3-2-4-6-20)21-9-7-19(8-10-21)26-16-15-23(26)17-26/h2-14,23H,15-18H2,1H3,(H,28,29)/t23?,26-,27?/m1/s1. The highest BCUT2D eigenvalue weighted by Gasteiger charge is 2.61. The Balaban J connectivity index is 1.65. The van der Waals surface area contributed by atoms with Crippen LogP contribution in [0.2, 0.25) is 0 Å². The van der Waals surface area contributed by atoms with Crippen molar-refractivity contribution in [3.63, 3.8) is 0 Å². The molecule has 0 amide bonds. The number of hydrogen-bond donors (Lipinski definition) is 1. The van der Waals surface area contributed by atoms with Crippen LogP contribution in [0, 0.1) is 5.92 Å². The topological polar surface area (TPSA) is 46.5 Å². The second-order valence-electron chi connectivity index (χ2n) is 8.63. The van der Waals surface area contributed by atoms with E-state index in [9.17, 15) is 9.90 Å². The number of ether oxygens (including phenoxy) is 1. The number of carboxylic acid groups (broad SMARTS) is 1. The van der Waals surface area contributed by atoms with Crippen molar-refractivity contribution in [3.05, 3.63) is 101 Å². The molecule has 4 heteroatoms. The van der Waals surface area contributed by atoms with Gasteiger partial charge < -0.3 is 9.84 Å². The van der Waals surface area contributed by atoms with Gasteiger partial charge in [0, 0.05) is 0 Å². The normalized spacial score (nSPS) is 23.2. The van der Waals surface area contributed by atoms with Crippen molar-refractivity contribution in [2.75, 3.05) is 12.9 Å². The molecule has 2 aliphatic carbocycles. The van der Waals surface area contributed by atoms with Gasteiger partial charge >= 0.3 is 5.97 Å². The van der Waals surface area contributed by atoms with Crippen LogP contribution in [0.1, 0.15) is 41.5 Å². The minimum atomic E-state index is -0.815. The first-order valence-electron chi connectivity index (χ1n) is 10.8. The third-order valence-corrected chi connectivity index (χ3v) is 8.66. The van der Waals surface area contributed by atoms with E-state index in [0.717, 1.165) is 28.4 Å². The van der Waals surface area contributed by atoms with Crippen LogP contribution in [0.25, 0.3) is 0 Å². The van der Waals surface area contributed by atoms with E-state index in [4.69, 9.17) is 4.74 Å². The zero-order valence-electron chi connectivity index (χ0n) is 17.6. The summed E-state index contributed by atoms with van der Waals surface area (Å²) in [5.41, 5.74) is 5.09. The summed E-state index contributed by atoms with van der Waals surface area (Å²) in [6.45, 7) is 0. The summed E-state index contributed by atoms with van der Waals surface area (Å²) < 4.78 is 4.75. The Bertz CT molecular complexity index is 1070. The van der Waals surface area contributed by atoms with Crippen LogP contribution in [0.4, 0.5) is 0 Å². The molecular formula is C27H26O3S. The molecule has 0 radical (unpaired) electrons. The highest BCUT2D eigenvalue weighted by atomic mass is 32.2. The van der Waals surface area contributed by atoms with Crippen molar-refractivity contribution >= 4 is 17.7 Å². The lowest BCUT2D eigenvalue weighted by Crippen LogP contribution is -2.27. The third-order valence-electron chi connectivity index (χ3n) is 7.13. The van der Waals surface area contributed by atoms with Gasteiger partial charge in [-0.25, -0.2) is 0 Å². The van der Waals surface area contributed by atoms with Gasteiger partial charge in [0.05, 0.1) is 17.6 Å². The first-order valence-corrected chi connectivity index (χ1v) is 11.7. The Labute approximate surface area is 187 Å². The molecule has 3 aromatic carbocycles. The Hall–Kier alpha value is -2.72. The summed E-state index contributed by atoms with van der Waals surface area (Å²) in [4.78, 5) is 11.6. The van der Waals surface area contributed by atoms with E-state index < -0.39 is 10.7 Å². The number of benzene rings is 3. The second kappa shape index (κ2) is 7.76. The molecule has 0 aromatic heterocycles. The number of carboxylic acids is 1. The number of carbonyl (C=O) groups is 1. The smallest absolute Gasteiger partial charge is 0.313 e. The molecule has 158 valence electrons. The van der Waals surface area contributed by atoms with Crippen molar-refractivity contribution in [2.45, 2.75) is 29.4 Å². The van der Waals surface area contributed by atoms with Crippen molar-refractivity contribution in [1.29, 1.82) is 0 Å². The Morgan fingerprint density at radius 3 is 2.10 bits per heavy atom. The maximum Gasteiger partial charge on any atom is 0.313 e. The van der Waals surface area contributed by atoms with Gasteiger partial charge in [-0.1, -0.05) is 66.7 Å². The summed E-state index contributed by atoms with van der Waals surface area (Å²) in [5, 5.41) is 9.55. The molecule has 1 N–H and O–H groups in total. The molecule has 0 bridgehead atoms. The molecule has 2 saturated carbocycles. The second-order valence-corrected chi connectivity index (χ2v) is 9.82. The largest absolute Gasteiger partial charge is 0.497 e. The molecule has 3 nitrogen and oxygen atoms in total. The van der Waals surface area contributed by atoms with Gasteiger partial charge in [-0.05, 0) is 65.0 Å². The molecule has 0 aliphatic heterocycles. The lowest BCUT2D eigenvalue weighted by molar-refractivity contribution is -0.133. The zero-order valence-corrected chi connectivity index (χ0v) is 18.4. The summed E-state index contributed by atoms with van der Waals surface area (Å²) in [5.74, 6) is 0.854. The Morgan fingerprint density at radius 2 is 1.61 bits per heavy atom. The number of thioether (sulfide) groups is 1. The zero-order chi connectivity index (χ0) is 21.5. The first-order chi connectivity index (χ1) is 15.1. The van der Waals surface area contributed by atoms with Crippen LogP contribution in [-0.4, -0.2) is 23.9 Å². The summed E-state index contributed by atoms with van der Waals surface area (Å²) in [7, 11) is 1.66. The van der Waals surface area contributed by atoms with Gasteiger partial charge in [0.1, 0.15) is 5.75 Å². The van der Waals surface area contributed by atoms with Crippen molar-refractivity contribution in [3.8, 4) is 5.75 Å². The molecule has 2 fully saturated rings. The monoisotopic (exact) mass is 430 g/mol. The molecule has 31 heavy (non-hydrogen) atoms. The van der Waals surface area contributed by atoms with Crippen LogP contribution in [0.5, 0.6) is 5.75 Å². The van der Waals surface area contributed by atoms with E-state index in [2.05, 4.69) is 48.5 Å². The van der Waals surface area contributed by atoms with Crippen molar-refractivity contribution < 1.29 is 14.6 Å². The molecular weight excluding hydrogens is 404 g/mol.